The maximum Gasteiger partial charge on any atom is 0.160 e. The van der Waals surface area contributed by atoms with Crippen molar-refractivity contribution in [2.75, 3.05) is 39.9 Å². The first-order valence-electron chi connectivity index (χ1n) is 10.1. The van der Waals surface area contributed by atoms with E-state index in [0.717, 1.165) is 44.1 Å². The second-order valence-electron chi connectivity index (χ2n) is 7.91. The molecule has 1 atom stereocenters. The van der Waals surface area contributed by atoms with Crippen LogP contribution in [0.5, 0.6) is 11.5 Å². The maximum atomic E-state index is 10.00. The van der Waals surface area contributed by atoms with Gasteiger partial charge < -0.3 is 14.9 Å². The summed E-state index contributed by atoms with van der Waals surface area (Å²) >= 11 is 0. The van der Waals surface area contributed by atoms with Crippen LogP contribution in [0, 0.1) is 5.92 Å². The van der Waals surface area contributed by atoms with Crippen LogP contribution in [0.3, 0.4) is 0 Å². The van der Waals surface area contributed by atoms with E-state index in [1.807, 2.05) is 12.1 Å². The largest absolute Gasteiger partial charge is 0.504 e. The summed E-state index contributed by atoms with van der Waals surface area (Å²) in [5.41, 5.74) is 1.10. The topological polar surface area (TPSA) is 56.2 Å². The lowest BCUT2D eigenvalue weighted by Gasteiger charge is -2.43. The molecule has 0 aromatic heterocycles. The van der Waals surface area contributed by atoms with E-state index in [1.54, 1.807) is 13.2 Å². The first-order chi connectivity index (χ1) is 12.7. The molecular formula is C21H34N2O3. The third-order valence-electron chi connectivity index (χ3n) is 6.02. The Morgan fingerprint density at radius 1 is 1.15 bits per heavy atom. The normalized spacial score (nSPS) is 23.2. The smallest absolute Gasteiger partial charge is 0.160 e. The van der Waals surface area contributed by atoms with Gasteiger partial charge in [0.1, 0.15) is 0 Å². The third-order valence-corrected chi connectivity index (χ3v) is 6.02. The van der Waals surface area contributed by atoms with Crippen LogP contribution >= 0.6 is 0 Å². The summed E-state index contributed by atoms with van der Waals surface area (Å²) in [6.07, 6.45) is 7.76. The van der Waals surface area contributed by atoms with E-state index in [1.165, 1.54) is 38.6 Å². The molecule has 5 nitrogen and oxygen atoms in total. The molecule has 1 aliphatic carbocycles. The third kappa shape index (κ3) is 5.12. The fourth-order valence-electron chi connectivity index (χ4n) is 4.56. The summed E-state index contributed by atoms with van der Waals surface area (Å²) in [6, 6.07) is 6.08. The van der Waals surface area contributed by atoms with E-state index in [0.29, 0.717) is 11.8 Å². The molecule has 1 saturated heterocycles. The lowest BCUT2D eigenvalue weighted by Crippen LogP contribution is -2.54. The average Bonchev–Trinajstić information content (AvgIpc) is 2.65. The Bertz CT molecular complexity index is 560. The number of aromatic hydroxyl groups is 1. The highest BCUT2D eigenvalue weighted by atomic mass is 16.5. The van der Waals surface area contributed by atoms with Gasteiger partial charge in [0.05, 0.1) is 7.11 Å². The van der Waals surface area contributed by atoms with Gasteiger partial charge in [0.25, 0.3) is 0 Å². The van der Waals surface area contributed by atoms with Crippen molar-refractivity contribution < 1.29 is 14.9 Å². The molecule has 0 amide bonds. The van der Waals surface area contributed by atoms with E-state index >= 15 is 0 Å². The van der Waals surface area contributed by atoms with E-state index in [9.17, 15) is 10.2 Å². The van der Waals surface area contributed by atoms with Gasteiger partial charge in [-0.05, 0) is 42.9 Å². The standard InChI is InChI=1S/C21H34N2O3/c1-26-21-8-7-18(13-20(21)25)14-22-10-11-23(19(16-22)9-12-24)15-17-5-3-2-4-6-17/h7-8,13,17,19,24-25H,2-6,9-12,14-16H2,1H3/t19-/m0/s1. The zero-order chi connectivity index (χ0) is 18.4. The van der Waals surface area contributed by atoms with Crippen LogP contribution in [0.15, 0.2) is 18.2 Å². The van der Waals surface area contributed by atoms with Crippen molar-refractivity contribution >= 4 is 0 Å². The van der Waals surface area contributed by atoms with Crippen molar-refractivity contribution in [1.29, 1.82) is 0 Å². The van der Waals surface area contributed by atoms with Gasteiger partial charge in [-0.3, -0.25) is 9.80 Å². The van der Waals surface area contributed by atoms with Crippen molar-refractivity contribution in [3.8, 4) is 11.5 Å². The van der Waals surface area contributed by atoms with Gasteiger partial charge in [-0.1, -0.05) is 25.3 Å². The number of nitrogens with zero attached hydrogens (tertiary/aromatic N) is 2. The molecule has 26 heavy (non-hydrogen) atoms. The molecule has 1 saturated carbocycles. The molecule has 1 heterocycles. The second-order valence-corrected chi connectivity index (χ2v) is 7.91. The second kappa shape index (κ2) is 9.58. The summed E-state index contributed by atoms with van der Waals surface area (Å²) in [5, 5.41) is 19.5. The molecule has 0 radical (unpaired) electrons. The molecule has 1 aromatic carbocycles. The van der Waals surface area contributed by atoms with Crippen LogP contribution in [-0.2, 0) is 6.54 Å². The molecule has 3 rings (SSSR count). The predicted octanol–water partition coefficient (Wildman–Crippen LogP) is 2.85. The first-order valence-corrected chi connectivity index (χ1v) is 10.1. The van der Waals surface area contributed by atoms with Crippen LogP contribution in [0.25, 0.3) is 0 Å². The van der Waals surface area contributed by atoms with Crippen LogP contribution in [0.2, 0.25) is 0 Å². The molecule has 2 aliphatic rings. The summed E-state index contributed by atoms with van der Waals surface area (Å²) in [4.78, 5) is 5.06. The van der Waals surface area contributed by atoms with Crippen molar-refractivity contribution in [2.45, 2.75) is 51.1 Å². The monoisotopic (exact) mass is 362 g/mol. The van der Waals surface area contributed by atoms with Gasteiger partial charge in [0.2, 0.25) is 0 Å². The van der Waals surface area contributed by atoms with E-state index in [4.69, 9.17) is 4.74 Å². The highest BCUT2D eigenvalue weighted by Gasteiger charge is 2.29. The highest BCUT2D eigenvalue weighted by Crippen LogP contribution is 2.28. The number of ether oxygens (including phenoxy) is 1. The number of aliphatic hydroxyl groups is 1. The molecule has 1 aromatic rings. The van der Waals surface area contributed by atoms with Gasteiger partial charge in [-0.15, -0.1) is 0 Å². The molecule has 1 aliphatic heterocycles. The number of hydrogen-bond donors (Lipinski definition) is 2. The Kier molecular flexibility index (Phi) is 7.17. The number of benzene rings is 1. The minimum atomic E-state index is 0.202. The zero-order valence-corrected chi connectivity index (χ0v) is 16.1. The predicted molar refractivity (Wildman–Crippen MR) is 104 cm³/mol. The van der Waals surface area contributed by atoms with Crippen molar-refractivity contribution in [2.24, 2.45) is 5.92 Å². The summed E-state index contributed by atoms with van der Waals surface area (Å²) in [6.45, 7) is 5.38. The fraction of sp³-hybridized carbons (Fsp3) is 0.714. The van der Waals surface area contributed by atoms with Gasteiger partial charge in [0.15, 0.2) is 11.5 Å². The number of piperazine rings is 1. The minimum absolute atomic E-state index is 0.202. The number of rotatable bonds is 7. The number of aliphatic hydroxyl groups excluding tert-OH is 1. The summed E-state index contributed by atoms with van der Waals surface area (Å²) in [7, 11) is 1.57. The van der Waals surface area contributed by atoms with Crippen LogP contribution in [-0.4, -0.2) is 66.0 Å². The molecule has 2 N–H and O–H groups in total. The minimum Gasteiger partial charge on any atom is -0.504 e. The molecule has 0 spiro atoms. The molecule has 0 bridgehead atoms. The Morgan fingerprint density at radius 3 is 2.65 bits per heavy atom. The van der Waals surface area contributed by atoms with Crippen LogP contribution in [0.1, 0.15) is 44.1 Å². The van der Waals surface area contributed by atoms with Crippen molar-refractivity contribution in [3.05, 3.63) is 23.8 Å². The molecular weight excluding hydrogens is 328 g/mol. The molecule has 0 unspecified atom stereocenters. The zero-order valence-electron chi connectivity index (χ0n) is 16.1. The Morgan fingerprint density at radius 2 is 1.96 bits per heavy atom. The van der Waals surface area contributed by atoms with Gasteiger partial charge in [0, 0.05) is 45.4 Å². The average molecular weight is 363 g/mol. The number of phenols is 1. The van der Waals surface area contributed by atoms with Gasteiger partial charge in [-0.2, -0.15) is 0 Å². The number of methoxy groups -OCH3 is 1. The number of phenolic OH excluding ortho intramolecular Hbond substituents is 1. The van der Waals surface area contributed by atoms with Crippen molar-refractivity contribution in [1.82, 2.24) is 9.80 Å². The lowest BCUT2D eigenvalue weighted by atomic mass is 9.88. The Balaban J connectivity index is 1.57. The Labute approximate surface area is 157 Å². The highest BCUT2D eigenvalue weighted by molar-refractivity contribution is 5.41. The molecule has 146 valence electrons. The number of hydrogen-bond acceptors (Lipinski definition) is 5. The van der Waals surface area contributed by atoms with E-state index in [2.05, 4.69) is 9.80 Å². The fourth-order valence-corrected chi connectivity index (χ4v) is 4.56. The lowest BCUT2D eigenvalue weighted by molar-refractivity contribution is 0.0400. The molecule has 2 fully saturated rings. The summed E-state index contributed by atoms with van der Waals surface area (Å²) < 4.78 is 5.13. The van der Waals surface area contributed by atoms with E-state index < -0.39 is 0 Å². The SMILES string of the molecule is COc1ccc(CN2CCN(CC3CCCCC3)[C@@H](CCO)C2)cc1O. The molecule has 5 heteroatoms. The van der Waals surface area contributed by atoms with E-state index in [-0.39, 0.29) is 12.4 Å². The van der Waals surface area contributed by atoms with Gasteiger partial charge in [-0.25, -0.2) is 0 Å². The van der Waals surface area contributed by atoms with Gasteiger partial charge >= 0.3 is 0 Å². The summed E-state index contributed by atoms with van der Waals surface area (Å²) in [5.74, 6) is 1.56. The van der Waals surface area contributed by atoms with Crippen LogP contribution in [0.4, 0.5) is 0 Å². The Hall–Kier alpha value is -1.30. The maximum absolute atomic E-state index is 10.00. The quantitative estimate of drug-likeness (QED) is 0.781. The van der Waals surface area contributed by atoms with Crippen molar-refractivity contribution in [3.63, 3.8) is 0 Å². The first kappa shape index (κ1) is 19.5. The van der Waals surface area contributed by atoms with Crippen LogP contribution < -0.4 is 4.74 Å².